The highest BCUT2D eigenvalue weighted by Crippen LogP contribution is 2.37. The van der Waals surface area contributed by atoms with Gasteiger partial charge in [-0.05, 0) is 59.3 Å². The van der Waals surface area contributed by atoms with Crippen molar-refractivity contribution < 1.29 is 13.9 Å². The summed E-state index contributed by atoms with van der Waals surface area (Å²) in [5.41, 5.74) is -1.37. The maximum atomic E-state index is 13.6. The molecule has 1 atom stereocenters. The third-order valence-corrected chi connectivity index (χ3v) is 3.16. The number of carbonyl (C=O) groups is 1. The van der Waals surface area contributed by atoms with Gasteiger partial charge in [-0.25, -0.2) is 4.39 Å². The molecule has 1 aliphatic rings. The summed E-state index contributed by atoms with van der Waals surface area (Å²) >= 11 is 0. The largest absolute Gasteiger partial charge is 0.365 e. The van der Waals surface area contributed by atoms with Crippen molar-refractivity contribution >= 4 is 6.29 Å². The second-order valence-corrected chi connectivity index (χ2v) is 6.08. The normalized spacial score (nSPS) is 33.4. The van der Waals surface area contributed by atoms with Crippen molar-refractivity contribution in [3.8, 4) is 0 Å². The topological polar surface area (TPSA) is 26.3 Å². The molecule has 0 radical (unpaired) electrons. The number of aldehydes is 1. The molecular formula is C13H23FO2. The van der Waals surface area contributed by atoms with Gasteiger partial charge in [0.15, 0.2) is 0 Å². The van der Waals surface area contributed by atoms with Crippen molar-refractivity contribution in [3.05, 3.63) is 0 Å². The zero-order valence-corrected chi connectivity index (χ0v) is 10.8. The Morgan fingerprint density at radius 3 is 2.25 bits per heavy atom. The second-order valence-electron chi connectivity index (χ2n) is 6.08. The minimum absolute atomic E-state index is 0.181. The minimum Gasteiger partial charge on any atom is -0.365 e. The number of ether oxygens (including phenoxy) is 1. The molecule has 94 valence electrons. The van der Waals surface area contributed by atoms with E-state index in [-0.39, 0.29) is 17.6 Å². The van der Waals surface area contributed by atoms with E-state index in [0.717, 1.165) is 19.1 Å². The van der Waals surface area contributed by atoms with Gasteiger partial charge in [-0.3, -0.25) is 0 Å². The van der Waals surface area contributed by atoms with Gasteiger partial charge in [-0.2, -0.15) is 0 Å². The molecule has 0 amide bonds. The lowest BCUT2D eigenvalue weighted by molar-refractivity contribution is -0.137. The molecule has 0 spiro atoms. The number of hydrogen-bond acceptors (Lipinski definition) is 2. The van der Waals surface area contributed by atoms with Crippen molar-refractivity contribution in [1.29, 1.82) is 0 Å². The van der Waals surface area contributed by atoms with Crippen LogP contribution >= 0.6 is 0 Å². The molecule has 0 bridgehead atoms. The smallest absolute Gasteiger partial charge is 0.149 e. The van der Waals surface area contributed by atoms with Gasteiger partial charge in [0.1, 0.15) is 18.1 Å². The van der Waals surface area contributed by atoms with Gasteiger partial charge in [0.2, 0.25) is 0 Å². The van der Waals surface area contributed by atoms with Gasteiger partial charge in [-0.1, -0.05) is 0 Å². The van der Waals surface area contributed by atoms with E-state index in [1.807, 2.05) is 20.8 Å². The number of rotatable bonds is 3. The molecule has 1 fully saturated rings. The first-order chi connectivity index (χ1) is 7.23. The van der Waals surface area contributed by atoms with Gasteiger partial charge >= 0.3 is 0 Å². The fourth-order valence-electron chi connectivity index (χ4n) is 2.21. The third-order valence-electron chi connectivity index (χ3n) is 3.16. The fourth-order valence-corrected chi connectivity index (χ4v) is 2.21. The lowest BCUT2D eigenvalue weighted by atomic mass is 9.78. The van der Waals surface area contributed by atoms with Crippen LogP contribution in [0.5, 0.6) is 0 Å². The second kappa shape index (κ2) is 4.82. The molecule has 16 heavy (non-hydrogen) atoms. The van der Waals surface area contributed by atoms with Crippen LogP contribution in [0.3, 0.4) is 0 Å². The number of alkyl halides is 1. The van der Waals surface area contributed by atoms with Crippen LogP contribution in [0, 0.1) is 5.92 Å². The fraction of sp³-hybridized carbons (Fsp3) is 0.923. The molecular weight excluding hydrogens is 207 g/mol. The molecule has 0 aromatic heterocycles. The molecule has 2 nitrogen and oxygen atoms in total. The molecule has 3 heteroatoms. The van der Waals surface area contributed by atoms with E-state index in [0.29, 0.717) is 12.8 Å². The summed E-state index contributed by atoms with van der Waals surface area (Å²) < 4.78 is 19.3. The van der Waals surface area contributed by atoms with Crippen LogP contribution in [0.25, 0.3) is 0 Å². The lowest BCUT2D eigenvalue weighted by Gasteiger charge is -2.36. The maximum absolute atomic E-state index is 13.6. The third kappa shape index (κ3) is 4.20. The Hall–Kier alpha value is -0.440. The van der Waals surface area contributed by atoms with Crippen molar-refractivity contribution in [2.24, 2.45) is 5.92 Å². The summed E-state index contributed by atoms with van der Waals surface area (Å²) in [6.07, 6.45) is 3.05. The zero-order valence-electron chi connectivity index (χ0n) is 10.8. The van der Waals surface area contributed by atoms with Gasteiger partial charge in [0.25, 0.3) is 0 Å². The Labute approximate surface area is 97.6 Å². The quantitative estimate of drug-likeness (QED) is 0.695. The standard InChI is InChI=1S/C13H23FO2/c1-12(2,3)16-11(9-15)10-5-7-13(4,14)8-6-10/h9-11H,5-8H2,1-4H3. The summed E-state index contributed by atoms with van der Waals surface area (Å²) in [5, 5.41) is 0. The average Bonchev–Trinajstić information content (AvgIpc) is 2.13. The summed E-state index contributed by atoms with van der Waals surface area (Å²) in [7, 11) is 0. The van der Waals surface area contributed by atoms with Gasteiger partial charge < -0.3 is 9.53 Å². The Bertz CT molecular complexity index is 233. The Balaban J connectivity index is 2.53. The summed E-state index contributed by atoms with van der Waals surface area (Å²) in [6.45, 7) is 7.45. The number of halogens is 1. The molecule has 1 rings (SSSR count). The number of carbonyl (C=O) groups excluding carboxylic acids is 1. The summed E-state index contributed by atoms with van der Waals surface area (Å²) in [6, 6.07) is 0. The van der Waals surface area contributed by atoms with E-state index >= 15 is 0 Å². The van der Waals surface area contributed by atoms with E-state index in [2.05, 4.69) is 0 Å². The van der Waals surface area contributed by atoms with Crippen LogP contribution in [0.2, 0.25) is 0 Å². The van der Waals surface area contributed by atoms with Gasteiger partial charge in [0.05, 0.1) is 5.60 Å². The highest BCUT2D eigenvalue weighted by molar-refractivity contribution is 5.56. The molecule has 0 saturated heterocycles. The molecule has 1 aliphatic carbocycles. The van der Waals surface area contributed by atoms with E-state index in [4.69, 9.17) is 4.74 Å². The maximum Gasteiger partial charge on any atom is 0.149 e. The molecule has 0 N–H and O–H groups in total. The molecule has 1 unspecified atom stereocenters. The average molecular weight is 230 g/mol. The zero-order chi connectivity index (χ0) is 12.4. The molecule has 0 aromatic carbocycles. The summed E-state index contributed by atoms with van der Waals surface area (Å²) in [5.74, 6) is 0.181. The van der Waals surface area contributed by atoms with Crippen LogP contribution in [0.4, 0.5) is 4.39 Å². The summed E-state index contributed by atoms with van der Waals surface area (Å²) in [4.78, 5) is 11.0. The van der Waals surface area contributed by atoms with Crippen molar-refractivity contribution in [1.82, 2.24) is 0 Å². The Kier molecular flexibility index (Phi) is 4.11. The Morgan fingerprint density at radius 2 is 1.88 bits per heavy atom. The first-order valence-corrected chi connectivity index (χ1v) is 6.05. The first-order valence-electron chi connectivity index (χ1n) is 6.05. The first kappa shape index (κ1) is 13.6. The highest BCUT2D eigenvalue weighted by atomic mass is 19.1. The van der Waals surface area contributed by atoms with Crippen LogP contribution in [-0.2, 0) is 9.53 Å². The molecule has 0 aliphatic heterocycles. The van der Waals surface area contributed by atoms with Gasteiger partial charge in [-0.15, -0.1) is 0 Å². The van der Waals surface area contributed by atoms with E-state index in [1.165, 1.54) is 0 Å². The van der Waals surface area contributed by atoms with Gasteiger partial charge in [0, 0.05) is 0 Å². The van der Waals surface area contributed by atoms with Crippen molar-refractivity contribution in [3.63, 3.8) is 0 Å². The van der Waals surface area contributed by atoms with E-state index in [1.54, 1.807) is 6.92 Å². The molecule has 0 aromatic rings. The monoisotopic (exact) mass is 230 g/mol. The van der Waals surface area contributed by atoms with Crippen LogP contribution in [-0.4, -0.2) is 23.7 Å². The lowest BCUT2D eigenvalue weighted by Crippen LogP contribution is -2.38. The van der Waals surface area contributed by atoms with E-state index < -0.39 is 5.67 Å². The molecule has 1 saturated carbocycles. The van der Waals surface area contributed by atoms with E-state index in [9.17, 15) is 9.18 Å². The SMILES string of the molecule is CC1(F)CCC(C(C=O)OC(C)(C)C)CC1. The van der Waals surface area contributed by atoms with Crippen LogP contribution in [0.1, 0.15) is 53.4 Å². The van der Waals surface area contributed by atoms with Crippen molar-refractivity contribution in [2.75, 3.05) is 0 Å². The predicted octanol–water partition coefficient (Wildman–Crippen LogP) is 3.29. The number of hydrogen-bond donors (Lipinski definition) is 0. The predicted molar refractivity (Wildman–Crippen MR) is 62.2 cm³/mol. The molecule has 0 heterocycles. The van der Waals surface area contributed by atoms with Crippen LogP contribution < -0.4 is 0 Å². The Morgan fingerprint density at radius 1 is 1.38 bits per heavy atom. The highest BCUT2D eigenvalue weighted by Gasteiger charge is 2.35. The van der Waals surface area contributed by atoms with Crippen LogP contribution in [0.15, 0.2) is 0 Å². The van der Waals surface area contributed by atoms with Crippen molar-refractivity contribution in [2.45, 2.75) is 70.8 Å². The minimum atomic E-state index is -1.05.